The molecule has 2 heterocycles. The predicted molar refractivity (Wildman–Crippen MR) is 87.6 cm³/mol. The summed E-state index contributed by atoms with van der Waals surface area (Å²) in [6, 6.07) is 13.5. The Hall–Kier alpha value is -1.71. The van der Waals surface area contributed by atoms with E-state index in [1.54, 1.807) is 9.80 Å². The van der Waals surface area contributed by atoms with Crippen molar-refractivity contribution in [1.29, 1.82) is 0 Å². The highest BCUT2D eigenvalue weighted by molar-refractivity contribution is 5.21. The molecule has 22 heavy (non-hydrogen) atoms. The zero-order valence-corrected chi connectivity index (χ0v) is 13.6. The van der Waals surface area contributed by atoms with Gasteiger partial charge in [0, 0.05) is 11.6 Å². The maximum absolute atomic E-state index is 3.18. The predicted octanol–water partition coefficient (Wildman–Crippen LogP) is -0.453. The third-order valence-corrected chi connectivity index (χ3v) is 4.78. The van der Waals surface area contributed by atoms with Crippen molar-refractivity contribution in [3.05, 3.63) is 65.5 Å². The van der Waals surface area contributed by atoms with Crippen molar-refractivity contribution in [1.82, 2.24) is 0 Å². The number of benzene rings is 1. The summed E-state index contributed by atoms with van der Waals surface area (Å²) in [6.07, 6.45) is 5.23. The Bertz CT molecular complexity index is 557. The molecule has 1 aliphatic rings. The summed E-state index contributed by atoms with van der Waals surface area (Å²) in [5, 5.41) is 0. The molecular weight excluding hydrogens is 270 g/mol. The van der Waals surface area contributed by atoms with E-state index in [9.17, 15) is 0 Å². The average Bonchev–Trinajstić information content (AvgIpc) is 2.58. The standard InChI is InChI=1S/C19H25N3/c1-2-17-5-7-18(8-6-17)15-21-10-12-22(13-11-21)16-19-4-3-9-20-14-19/h3-9,14H,2,10-13,15-16H2,1H3/p+3. The van der Waals surface area contributed by atoms with Crippen LogP contribution in [-0.4, -0.2) is 26.2 Å². The Balaban J connectivity index is 1.47. The molecule has 0 bridgehead atoms. The van der Waals surface area contributed by atoms with E-state index in [0.29, 0.717) is 0 Å². The lowest BCUT2D eigenvalue weighted by molar-refractivity contribution is -1.02. The molecule has 1 aromatic carbocycles. The maximum Gasteiger partial charge on any atom is 0.175 e. The number of piperazine rings is 1. The van der Waals surface area contributed by atoms with Crippen LogP contribution < -0.4 is 14.8 Å². The molecule has 0 unspecified atom stereocenters. The topological polar surface area (TPSA) is 23.0 Å². The van der Waals surface area contributed by atoms with Crippen LogP contribution in [0.5, 0.6) is 0 Å². The van der Waals surface area contributed by atoms with Crippen LogP contribution in [0.1, 0.15) is 23.6 Å². The minimum Gasteiger partial charge on any atom is -0.322 e. The van der Waals surface area contributed by atoms with Crippen molar-refractivity contribution in [3.63, 3.8) is 0 Å². The van der Waals surface area contributed by atoms with Gasteiger partial charge in [0.2, 0.25) is 0 Å². The fourth-order valence-electron chi connectivity index (χ4n) is 3.32. The van der Waals surface area contributed by atoms with Gasteiger partial charge in [-0.05, 0) is 18.1 Å². The highest BCUT2D eigenvalue weighted by atomic mass is 15.3. The van der Waals surface area contributed by atoms with Gasteiger partial charge < -0.3 is 9.80 Å². The molecule has 0 aliphatic carbocycles. The van der Waals surface area contributed by atoms with Gasteiger partial charge in [-0.3, -0.25) is 0 Å². The Morgan fingerprint density at radius 1 is 0.818 bits per heavy atom. The molecule has 1 aromatic heterocycles. The molecule has 0 spiro atoms. The van der Waals surface area contributed by atoms with Gasteiger partial charge in [0.1, 0.15) is 39.3 Å². The van der Waals surface area contributed by atoms with Crippen molar-refractivity contribution < 1.29 is 14.8 Å². The molecule has 0 saturated carbocycles. The zero-order chi connectivity index (χ0) is 15.2. The van der Waals surface area contributed by atoms with Crippen LogP contribution >= 0.6 is 0 Å². The van der Waals surface area contributed by atoms with E-state index in [1.807, 2.05) is 6.20 Å². The van der Waals surface area contributed by atoms with Gasteiger partial charge in [-0.2, -0.15) is 0 Å². The Morgan fingerprint density at radius 2 is 1.41 bits per heavy atom. The molecule has 1 aliphatic heterocycles. The molecule has 3 heteroatoms. The number of aryl methyl sites for hydroxylation is 1. The van der Waals surface area contributed by atoms with E-state index in [2.05, 4.69) is 54.5 Å². The first-order valence-corrected chi connectivity index (χ1v) is 8.53. The van der Waals surface area contributed by atoms with E-state index in [4.69, 9.17) is 0 Å². The van der Waals surface area contributed by atoms with E-state index in [1.165, 1.54) is 49.4 Å². The Kier molecular flexibility index (Phi) is 5.20. The summed E-state index contributed by atoms with van der Waals surface area (Å²) in [6.45, 7) is 9.65. The summed E-state index contributed by atoms with van der Waals surface area (Å²) in [5.74, 6) is 0. The van der Waals surface area contributed by atoms with Gasteiger partial charge in [0.15, 0.2) is 12.4 Å². The number of quaternary nitrogens is 2. The van der Waals surface area contributed by atoms with Crippen LogP contribution in [-0.2, 0) is 19.5 Å². The number of hydrogen-bond acceptors (Lipinski definition) is 0. The highest BCUT2D eigenvalue weighted by Crippen LogP contribution is 2.03. The second-order valence-electron chi connectivity index (χ2n) is 6.44. The summed E-state index contributed by atoms with van der Waals surface area (Å²) in [5.41, 5.74) is 4.33. The van der Waals surface area contributed by atoms with Gasteiger partial charge in [-0.15, -0.1) is 0 Å². The number of hydrogen-bond donors (Lipinski definition) is 2. The van der Waals surface area contributed by atoms with Crippen LogP contribution in [0.25, 0.3) is 0 Å². The molecule has 1 fully saturated rings. The molecule has 0 atom stereocenters. The molecule has 0 amide bonds. The first-order valence-electron chi connectivity index (χ1n) is 8.53. The van der Waals surface area contributed by atoms with E-state index in [-0.39, 0.29) is 0 Å². The molecule has 1 saturated heterocycles. The van der Waals surface area contributed by atoms with Gasteiger partial charge in [0.05, 0.1) is 5.56 Å². The van der Waals surface area contributed by atoms with Gasteiger partial charge in [-0.1, -0.05) is 31.2 Å². The van der Waals surface area contributed by atoms with Crippen molar-refractivity contribution >= 4 is 0 Å². The fraction of sp³-hybridized carbons (Fsp3) is 0.421. The molecule has 116 valence electrons. The molecule has 3 rings (SSSR count). The highest BCUT2D eigenvalue weighted by Gasteiger charge is 2.23. The lowest BCUT2D eigenvalue weighted by atomic mass is 10.1. The summed E-state index contributed by atoms with van der Waals surface area (Å²) < 4.78 is 0. The third kappa shape index (κ3) is 4.15. The Labute approximate surface area is 133 Å². The number of H-pyrrole nitrogens is 1. The summed E-state index contributed by atoms with van der Waals surface area (Å²) in [4.78, 5) is 6.62. The van der Waals surface area contributed by atoms with Crippen LogP contribution in [0.15, 0.2) is 48.8 Å². The van der Waals surface area contributed by atoms with Crippen molar-refractivity contribution in [3.8, 4) is 0 Å². The van der Waals surface area contributed by atoms with Gasteiger partial charge in [0.25, 0.3) is 0 Å². The fourth-order valence-corrected chi connectivity index (χ4v) is 3.32. The largest absolute Gasteiger partial charge is 0.322 e. The second-order valence-corrected chi connectivity index (χ2v) is 6.44. The van der Waals surface area contributed by atoms with Crippen molar-refractivity contribution in [2.45, 2.75) is 26.4 Å². The maximum atomic E-state index is 3.18. The van der Waals surface area contributed by atoms with Crippen LogP contribution in [0.4, 0.5) is 0 Å². The van der Waals surface area contributed by atoms with Crippen LogP contribution in [0, 0.1) is 0 Å². The quantitative estimate of drug-likeness (QED) is 0.747. The van der Waals surface area contributed by atoms with Crippen LogP contribution in [0.3, 0.4) is 0 Å². The lowest BCUT2D eigenvalue weighted by Gasteiger charge is -2.29. The minimum atomic E-state index is 1.13. The van der Waals surface area contributed by atoms with Gasteiger partial charge in [-0.25, -0.2) is 4.98 Å². The monoisotopic (exact) mass is 298 g/mol. The van der Waals surface area contributed by atoms with Crippen molar-refractivity contribution in [2.24, 2.45) is 0 Å². The first kappa shape index (κ1) is 15.2. The number of aromatic amines is 1. The van der Waals surface area contributed by atoms with E-state index >= 15 is 0 Å². The van der Waals surface area contributed by atoms with Crippen molar-refractivity contribution in [2.75, 3.05) is 26.2 Å². The van der Waals surface area contributed by atoms with Crippen LogP contribution in [0.2, 0.25) is 0 Å². The average molecular weight is 298 g/mol. The van der Waals surface area contributed by atoms with Gasteiger partial charge >= 0.3 is 0 Å². The zero-order valence-electron chi connectivity index (χ0n) is 13.6. The normalized spacial score (nSPS) is 21.7. The number of aromatic nitrogens is 1. The number of rotatable bonds is 5. The number of nitrogens with one attached hydrogen (secondary N) is 3. The SMILES string of the molecule is CCc1ccc(C[NH+]2CC[NH+](Cc3ccc[nH+]c3)CC2)cc1. The molecular formula is C19H28N3+3. The smallest absolute Gasteiger partial charge is 0.175 e. The third-order valence-electron chi connectivity index (χ3n) is 4.78. The molecule has 3 nitrogen and oxygen atoms in total. The lowest BCUT2D eigenvalue weighted by Crippen LogP contribution is -3.27. The number of pyridine rings is 1. The first-order chi connectivity index (χ1) is 10.8. The summed E-state index contributed by atoms with van der Waals surface area (Å²) in [7, 11) is 0. The molecule has 2 aromatic rings. The van der Waals surface area contributed by atoms with E-state index < -0.39 is 0 Å². The molecule has 0 radical (unpaired) electrons. The summed E-state index contributed by atoms with van der Waals surface area (Å²) >= 11 is 0. The Morgan fingerprint density at radius 3 is 1.95 bits per heavy atom. The van der Waals surface area contributed by atoms with E-state index in [0.717, 1.165) is 13.0 Å². The molecule has 3 N–H and O–H groups in total. The minimum absolute atomic E-state index is 1.13. The second kappa shape index (κ2) is 7.52.